The lowest BCUT2D eigenvalue weighted by Gasteiger charge is -2.26. The van der Waals surface area contributed by atoms with Crippen molar-refractivity contribution in [2.75, 3.05) is 7.11 Å². The molecule has 0 atom stereocenters. The van der Waals surface area contributed by atoms with Crippen LogP contribution in [0.4, 0.5) is 0 Å². The van der Waals surface area contributed by atoms with E-state index >= 15 is 0 Å². The molecular formula is C16H26O. The van der Waals surface area contributed by atoms with E-state index in [0.29, 0.717) is 5.76 Å². The van der Waals surface area contributed by atoms with Crippen molar-refractivity contribution in [1.82, 2.24) is 0 Å². The summed E-state index contributed by atoms with van der Waals surface area (Å²) in [6.45, 7) is 10.2. The van der Waals surface area contributed by atoms with E-state index < -0.39 is 0 Å². The molecule has 1 aliphatic rings. The average molecular weight is 234 g/mol. The molecule has 0 unspecified atom stereocenters. The monoisotopic (exact) mass is 234 g/mol. The minimum Gasteiger partial charge on any atom is -0.497 e. The highest BCUT2D eigenvalue weighted by molar-refractivity contribution is 5.21. The molecule has 1 heteroatoms. The quantitative estimate of drug-likeness (QED) is 0.471. The third-order valence-corrected chi connectivity index (χ3v) is 3.78. The fourth-order valence-corrected chi connectivity index (χ4v) is 2.37. The van der Waals surface area contributed by atoms with Gasteiger partial charge in [0.1, 0.15) is 5.76 Å². The Hall–Kier alpha value is -0.980. The Morgan fingerprint density at radius 3 is 2.41 bits per heavy atom. The molecule has 0 aromatic carbocycles. The van der Waals surface area contributed by atoms with Crippen molar-refractivity contribution in [3.8, 4) is 0 Å². The summed E-state index contributed by atoms with van der Waals surface area (Å²) in [7, 11) is 1.64. The molecule has 0 aliphatic heterocycles. The van der Waals surface area contributed by atoms with Crippen LogP contribution in [0.15, 0.2) is 36.6 Å². The number of methoxy groups -OCH3 is 1. The van der Waals surface area contributed by atoms with E-state index in [0.717, 1.165) is 18.3 Å². The van der Waals surface area contributed by atoms with Crippen LogP contribution in [0.3, 0.4) is 0 Å². The fourth-order valence-electron chi connectivity index (χ4n) is 2.37. The smallest absolute Gasteiger partial charge is 0.111 e. The van der Waals surface area contributed by atoms with Crippen LogP contribution in [-0.4, -0.2) is 7.11 Å². The number of rotatable bonds is 6. The summed E-state index contributed by atoms with van der Waals surface area (Å²) < 4.78 is 4.98. The molecule has 0 amide bonds. The SMILES string of the molecule is C=C(/C=C\C(=C)OC)CCC1CCC(C)CC1. The van der Waals surface area contributed by atoms with Crippen molar-refractivity contribution < 1.29 is 4.74 Å². The molecule has 96 valence electrons. The number of allylic oxidation sites excluding steroid dienone is 3. The molecule has 17 heavy (non-hydrogen) atoms. The van der Waals surface area contributed by atoms with Crippen molar-refractivity contribution in [1.29, 1.82) is 0 Å². The van der Waals surface area contributed by atoms with Crippen LogP contribution in [-0.2, 0) is 4.74 Å². The van der Waals surface area contributed by atoms with Crippen molar-refractivity contribution >= 4 is 0 Å². The molecule has 0 bridgehead atoms. The average Bonchev–Trinajstić information content (AvgIpc) is 2.35. The highest BCUT2D eigenvalue weighted by Crippen LogP contribution is 2.31. The maximum Gasteiger partial charge on any atom is 0.111 e. The first-order valence-corrected chi connectivity index (χ1v) is 6.70. The lowest BCUT2D eigenvalue weighted by Crippen LogP contribution is -2.12. The molecule has 0 spiro atoms. The van der Waals surface area contributed by atoms with E-state index in [1.807, 2.05) is 12.2 Å². The zero-order chi connectivity index (χ0) is 12.7. The highest BCUT2D eigenvalue weighted by Gasteiger charge is 2.17. The third-order valence-electron chi connectivity index (χ3n) is 3.78. The molecular weight excluding hydrogens is 208 g/mol. The van der Waals surface area contributed by atoms with Gasteiger partial charge in [0.05, 0.1) is 7.11 Å². The molecule has 0 radical (unpaired) electrons. The lowest BCUT2D eigenvalue weighted by molar-refractivity contribution is 0.278. The van der Waals surface area contributed by atoms with Gasteiger partial charge in [-0.25, -0.2) is 0 Å². The van der Waals surface area contributed by atoms with Gasteiger partial charge in [0.15, 0.2) is 0 Å². The molecule has 0 saturated heterocycles. The Morgan fingerprint density at radius 2 is 1.82 bits per heavy atom. The van der Waals surface area contributed by atoms with Crippen LogP contribution in [0.1, 0.15) is 45.4 Å². The minimum absolute atomic E-state index is 0.692. The van der Waals surface area contributed by atoms with Crippen LogP contribution in [0, 0.1) is 11.8 Å². The summed E-state index contributed by atoms with van der Waals surface area (Å²) in [6, 6.07) is 0. The third kappa shape index (κ3) is 5.76. The van der Waals surface area contributed by atoms with Crippen LogP contribution >= 0.6 is 0 Å². The number of hydrogen-bond acceptors (Lipinski definition) is 1. The molecule has 1 saturated carbocycles. The van der Waals surface area contributed by atoms with Crippen molar-refractivity contribution in [2.45, 2.75) is 45.4 Å². The van der Waals surface area contributed by atoms with E-state index in [9.17, 15) is 0 Å². The Kier molecular flexibility index (Phi) is 6.10. The van der Waals surface area contributed by atoms with E-state index in [1.165, 1.54) is 37.7 Å². The Bertz CT molecular complexity index is 280. The molecule has 1 aliphatic carbocycles. The largest absolute Gasteiger partial charge is 0.497 e. The summed E-state index contributed by atoms with van der Waals surface area (Å²) in [5.41, 5.74) is 1.18. The highest BCUT2D eigenvalue weighted by atomic mass is 16.5. The zero-order valence-corrected chi connectivity index (χ0v) is 11.4. The predicted octanol–water partition coefficient (Wildman–Crippen LogP) is 4.87. The van der Waals surface area contributed by atoms with Crippen molar-refractivity contribution in [3.05, 3.63) is 36.6 Å². The van der Waals surface area contributed by atoms with Gasteiger partial charge in [0.25, 0.3) is 0 Å². The summed E-state index contributed by atoms with van der Waals surface area (Å²) in [5, 5.41) is 0. The van der Waals surface area contributed by atoms with Gasteiger partial charge in [-0.3, -0.25) is 0 Å². The van der Waals surface area contributed by atoms with Crippen LogP contribution < -0.4 is 0 Å². The van der Waals surface area contributed by atoms with Gasteiger partial charge in [-0.15, -0.1) is 0 Å². The number of hydrogen-bond donors (Lipinski definition) is 0. The molecule has 1 fully saturated rings. The Labute approximate surface area is 106 Å². The first kappa shape index (κ1) is 14.1. The molecule has 1 rings (SSSR count). The summed E-state index contributed by atoms with van der Waals surface area (Å²) in [4.78, 5) is 0. The van der Waals surface area contributed by atoms with Gasteiger partial charge >= 0.3 is 0 Å². The summed E-state index contributed by atoms with van der Waals surface area (Å²) in [5.74, 6) is 2.55. The first-order chi connectivity index (χ1) is 8.11. The summed E-state index contributed by atoms with van der Waals surface area (Å²) in [6.07, 6.45) is 11.9. The first-order valence-electron chi connectivity index (χ1n) is 6.70. The van der Waals surface area contributed by atoms with Crippen molar-refractivity contribution in [2.24, 2.45) is 11.8 Å². The van der Waals surface area contributed by atoms with Crippen LogP contribution in [0.5, 0.6) is 0 Å². The maximum absolute atomic E-state index is 4.98. The second kappa shape index (κ2) is 7.37. The van der Waals surface area contributed by atoms with Gasteiger partial charge in [-0.05, 0) is 30.8 Å². The second-order valence-electron chi connectivity index (χ2n) is 5.33. The van der Waals surface area contributed by atoms with E-state index in [1.54, 1.807) is 7.11 Å². The van der Waals surface area contributed by atoms with Gasteiger partial charge in [-0.1, -0.05) is 57.4 Å². The Balaban J connectivity index is 2.19. The topological polar surface area (TPSA) is 9.23 Å². The molecule has 0 N–H and O–H groups in total. The second-order valence-corrected chi connectivity index (χ2v) is 5.33. The molecule has 1 nitrogen and oxygen atoms in total. The molecule has 0 heterocycles. The van der Waals surface area contributed by atoms with Crippen LogP contribution in [0.2, 0.25) is 0 Å². The van der Waals surface area contributed by atoms with Gasteiger partial charge < -0.3 is 4.74 Å². The predicted molar refractivity (Wildman–Crippen MR) is 74.8 cm³/mol. The summed E-state index contributed by atoms with van der Waals surface area (Å²) >= 11 is 0. The minimum atomic E-state index is 0.692. The zero-order valence-electron chi connectivity index (χ0n) is 11.4. The van der Waals surface area contributed by atoms with E-state index in [-0.39, 0.29) is 0 Å². The lowest BCUT2D eigenvalue weighted by atomic mass is 9.80. The van der Waals surface area contributed by atoms with Crippen molar-refractivity contribution in [3.63, 3.8) is 0 Å². The van der Waals surface area contributed by atoms with E-state index in [4.69, 9.17) is 4.74 Å². The van der Waals surface area contributed by atoms with Crippen LogP contribution in [0.25, 0.3) is 0 Å². The molecule has 0 aromatic rings. The molecule has 0 aromatic heterocycles. The van der Waals surface area contributed by atoms with E-state index in [2.05, 4.69) is 20.1 Å². The van der Waals surface area contributed by atoms with Gasteiger partial charge in [0.2, 0.25) is 0 Å². The maximum atomic E-state index is 4.98. The normalized spacial score (nSPS) is 24.8. The number of ether oxygens (including phenoxy) is 1. The Morgan fingerprint density at radius 1 is 1.18 bits per heavy atom. The standard InChI is InChI=1S/C16H26O/c1-13(5-9-15(3)17-4)6-10-16-11-7-14(2)8-12-16/h5,9,14,16H,1,3,6-8,10-12H2,2,4H3/b9-5-. The van der Waals surface area contributed by atoms with Gasteiger partial charge in [-0.2, -0.15) is 0 Å². The van der Waals surface area contributed by atoms with Gasteiger partial charge in [0, 0.05) is 0 Å². The fraction of sp³-hybridized carbons (Fsp3) is 0.625.